The van der Waals surface area contributed by atoms with Gasteiger partial charge in [0.05, 0.1) is 21.4 Å². The summed E-state index contributed by atoms with van der Waals surface area (Å²) in [6.07, 6.45) is 28.6. The molecular weight excluding hydrogens is 297 g/mol. The molecule has 2 aliphatic rings. The third kappa shape index (κ3) is 10.2. The van der Waals surface area contributed by atoms with E-state index in [4.69, 9.17) is 0 Å². The lowest BCUT2D eigenvalue weighted by molar-refractivity contribution is 0.466. The Labute approximate surface area is 161 Å². The summed E-state index contributed by atoms with van der Waals surface area (Å²) < 4.78 is 0. The maximum Gasteiger partial charge on any atom is 0.0858 e. The quantitative estimate of drug-likeness (QED) is 0.510. The van der Waals surface area contributed by atoms with E-state index in [2.05, 4.69) is 6.92 Å². The van der Waals surface area contributed by atoms with E-state index in [1.165, 1.54) is 143 Å². The highest BCUT2D eigenvalue weighted by atomic mass is 14.2. The molecule has 2 fully saturated rings. The summed E-state index contributed by atoms with van der Waals surface area (Å²) in [6.45, 7) is 2.64. The molecule has 0 heterocycles. The molecule has 0 nitrogen and oxygen atoms in total. The summed E-state index contributed by atoms with van der Waals surface area (Å²) in [5.41, 5.74) is 0. The first-order chi connectivity index (χ1) is 12.3. The Kier molecular flexibility index (Phi) is 11.5. The third-order valence-electron chi connectivity index (χ3n) is 7.43. The Morgan fingerprint density at radius 3 is 1.44 bits per heavy atom. The average Bonchev–Trinajstić information content (AvgIpc) is 2.66. The molecule has 0 aromatic carbocycles. The van der Waals surface area contributed by atoms with Crippen molar-refractivity contribution >= 4 is 21.4 Å². The van der Waals surface area contributed by atoms with Crippen molar-refractivity contribution < 1.29 is 0 Å². The van der Waals surface area contributed by atoms with Crippen molar-refractivity contribution in [3.8, 4) is 0 Å². The van der Waals surface area contributed by atoms with E-state index in [-0.39, 0.29) is 0 Å². The van der Waals surface area contributed by atoms with Crippen LogP contribution in [0.15, 0.2) is 0 Å². The van der Waals surface area contributed by atoms with Crippen LogP contribution in [0.2, 0.25) is 11.1 Å². The first-order valence-electron chi connectivity index (χ1n) is 12.3. The molecule has 0 radical (unpaired) electrons. The van der Waals surface area contributed by atoms with Crippen molar-refractivity contribution in [2.45, 2.75) is 140 Å². The molecule has 25 heavy (non-hydrogen) atoms. The lowest BCUT2D eigenvalue weighted by Crippen LogP contribution is -2.28. The normalized spacial score (nSPS) is 25.3. The fourth-order valence-corrected chi connectivity index (χ4v) is 5.54. The molecule has 0 saturated heterocycles. The van der Waals surface area contributed by atoms with E-state index < -0.39 is 0 Å². The van der Waals surface area contributed by atoms with Gasteiger partial charge >= 0.3 is 0 Å². The minimum Gasteiger partial charge on any atom is -0.0740 e. The van der Waals surface area contributed by atoms with Crippen LogP contribution < -0.4 is 0 Å². The second-order valence-corrected chi connectivity index (χ2v) is 9.95. The van der Waals surface area contributed by atoms with Crippen LogP contribution in [0.25, 0.3) is 0 Å². The van der Waals surface area contributed by atoms with Gasteiger partial charge < -0.3 is 0 Å². The van der Waals surface area contributed by atoms with E-state index in [1.807, 2.05) is 0 Å². The SMILES string of the molecule is CC1(BBBC2CCCCCCCCC2)CCCCCCCCCC1. The lowest BCUT2D eigenvalue weighted by Gasteiger charge is -2.30. The molecule has 0 amide bonds. The summed E-state index contributed by atoms with van der Waals surface area (Å²) in [5.74, 6) is 1.06. The van der Waals surface area contributed by atoms with Crippen LogP contribution in [0.3, 0.4) is 0 Å². The lowest BCUT2D eigenvalue weighted by atomic mass is 9.11. The van der Waals surface area contributed by atoms with Crippen molar-refractivity contribution in [1.29, 1.82) is 0 Å². The highest BCUT2D eigenvalue weighted by Gasteiger charge is 2.25. The van der Waals surface area contributed by atoms with Gasteiger partial charge in [-0.2, -0.15) is 0 Å². The standard InChI is InChI=1S/C22H45B3/c1-22(19-15-11-7-2-3-8-12-16-20-22)24-25-23-21-17-13-9-5-4-6-10-14-18-21/h21,23-25H,2-20H2,1H3. The molecule has 0 unspecified atom stereocenters. The van der Waals surface area contributed by atoms with E-state index in [9.17, 15) is 0 Å². The molecule has 2 aliphatic carbocycles. The predicted molar refractivity (Wildman–Crippen MR) is 121 cm³/mol. The van der Waals surface area contributed by atoms with Crippen LogP contribution in [0.5, 0.6) is 0 Å². The Morgan fingerprint density at radius 2 is 0.960 bits per heavy atom. The molecule has 0 bridgehead atoms. The van der Waals surface area contributed by atoms with E-state index in [0.717, 1.165) is 5.82 Å². The van der Waals surface area contributed by atoms with E-state index in [1.54, 1.807) is 0 Å². The fourth-order valence-electron chi connectivity index (χ4n) is 5.54. The van der Waals surface area contributed by atoms with Crippen LogP contribution in [0.4, 0.5) is 0 Å². The second-order valence-electron chi connectivity index (χ2n) is 9.95. The average molecular weight is 342 g/mol. The van der Waals surface area contributed by atoms with Crippen molar-refractivity contribution in [3.05, 3.63) is 0 Å². The van der Waals surface area contributed by atoms with Gasteiger partial charge in [-0.25, -0.2) is 0 Å². The second kappa shape index (κ2) is 13.4. The zero-order valence-corrected chi connectivity index (χ0v) is 17.6. The van der Waals surface area contributed by atoms with Gasteiger partial charge in [-0.1, -0.05) is 140 Å². The van der Waals surface area contributed by atoms with Gasteiger partial charge in [0.15, 0.2) is 0 Å². The fraction of sp³-hybridized carbons (Fsp3) is 1.00. The molecule has 2 rings (SSSR count). The van der Waals surface area contributed by atoms with Crippen LogP contribution in [0, 0.1) is 0 Å². The Morgan fingerprint density at radius 1 is 0.560 bits per heavy atom. The zero-order chi connectivity index (χ0) is 17.6. The van der Waals surface area contributed by atoms with Crippen molar-refractivity contribution in [2.24, 2.45) is 0 Å². The smallest absolute Gasteiger partial charge is 0.0740 e. The molecule has 0 aromatic heterocycles. The molecule has 0 atom stereocenters. The molecule has 0 spiro atoms. The summed E-state index contributed by atoms with van der Waals surface area (Å²) in [6, 6.07) is 0. The Hall–Kier alpha value is 0.195. The topological polar surface area (TPSA) is 0 Å². The number of hydrogen-bond acceptors (Lipinski definition) is 0. The molecular formula is C22H45B3. The Balaban J connectivity index is 1.71. The van der Waals surface area contributed by atoms with Crippen LogP contribution in [-0.2, 0) is 0 Å². The summed E-state index contributed by atoms with van der Waals surface area (Å²) in [4.78, 5) is 0. The van der Waals surface area contributed by atoms with Crippen LogP contribution in [0.1, 0.15) is 129 Å². The molecule has 3 heteroatoms. The Bertz CT molecular complexity index is 296. The van der Waals surface area contributed by atoms with Crippen molar-refractivity contribution in [3.63, 3.8) is 0 Å². The zero-order valence-electron chi connectivity index (χ0n) is 17.6. The van der Waals surface area contributed by atoms with Crippen molar-refractivity contribution in [2.75, 3.05) is 0 Å². The third-order valence-corrected chi connectivity index (χ3v) is 7.43. The van der Waals surface area contributed by atoms with E-state index >= 15 is 0 Å². The molecule has 0 N–H and O–H groups in total. The largest absolute Gasteiger partial charge is 0.0858 e. The minimum atomic E-state index is 0.667. The van der Waals surface area contributed by atoms with Crippen LogP contribution >= 0.6 is 0 Å². The van der Waals surface area contributed by atoms with Crippen LogP contribution in [-0.4, -0.2) is 21.4 Å². The summed E-state index contributed by atoms with van der Waals surface area (Å²) >= 11 is 0. The van der Waals surface area contributed by atoms with Gasteiger partial charge in [0.1, 0.15) is 0 Å². The summed E-state index contributed by atoms with van der Waals surface area (Å²) in [5, 5.41) is 0.667. The maximum atomic E-state index is 2.64. The molecule has 142 valence electrons. The number of hydrogen-bond donors (Lipinski definition) is 0. The first-order valence-corrected chi connectivity index (χ1v) is 12.3. The summed E-state index contributed by atoms with van der Waals surface area (Å²) in [7, 11) is 4.57. The van der Waals surface area contributed by atoms with E-state index in [0.29, 0.717) is 5.31 Å². The van der Waals surface area contributed by atoms with Gasteiger partial charge in [-0.3, -0.25) is 0 Å². The molecule has 2 saturated carbocycles. The van der Waals surface area contributed by atoms with Gasteiger partial charge in [-0.05, 0) is 0 Å². The minimum absolute atomic E-state index is 0.667. The van der Waals surface area contributed by atoms with Gasteiger partial charge in [0, 0.05) is 0 Å². The van der Waals surface area contributed by atoms with Gasteiger partial charge in [-0.15, -0.1) is 0 Å². The maximum absolute atomic E-state index is 2.64. The molecule has 0 aliphatic heterocycles. The number of rotatable bonds is 4. The van der Waals surface area contributed by atoms with Gasteiger partial charge in [0.25, 0.3) is 0 Å². The monoisotopic (exact) mass is 342 g/mol. The first kappa shape index (κ1) is 21.5. The predicted octanol–water partition coefficient (Wildman–Crippen LogP) is 6.53. The highest BCUT2D eigenvalue weighted by Crippen LogP contribution is 2.38. The van der Waals surface area contributed by atoms with Gasteiger partial charge in [0.2, 0.25) is 0 Å². The van der Waals surface area contributed by atoms with Crippen molar-refractivity contribution in [1.82, 2.24) is 0 Å². The highest BCUT2D eigenvalue weighted by molar-refractivity contribution is 7.30. The molecule has 0 aromatic rings.